The van der Waals surface area contributed by atoms with Crippen LogP contribution in [0, 0.1) is 0 Å². The van der Waals surface area contributed by atoms with Crippen LogP contribution in [0.5, 0.6) is 0 Å². The van der Waals surface area contributed by atoms with Crippen LogP contribution in [0.2, 0.25) is 0 Å². The van der Waals surface area contributed by atoms with E-state index in [9.17, 15) is 0 Å². The van der Waals surface area contributed by atoms with Gasteiger partial charge in [0.25, 0.3) is 0 Å². The summed E-state index contributed by atoms with van der Waals surface area (Å²) in [5, 5.41) is 0. The van der Waals surface area contributed by atoms with E-state index in [0.29, 0.717) is 5.88 Å². The van der Waals surface area contributed by atoms with Gasteiger partial charge in [0.1, 0.15) is 0 Å². The Bertz CT molecular complexity index is 316. The first-order valence-corrected chi connectivity index (χ1v) is 6.80. The van der Waals surface area contributed by atoms with Crippen molar-refractivity contribution in [2.45, 2.75) is 44.5 Å². The molecule has 0 amide bonds. The van der Waals surface area contributed by atoms with Crippen LogP contribution in [0.3, 0.4) is 0 Å². The molecule has 1 nitrogen and oxygen atoms in total. The van der Waals surface area contributed by atoms with Crippen molar-refractivity contribution in [3.63, 3.8) is 0 Å². The third-order valence-electron chi connectivity index (χ3n) is 3.16. The minimum absolute atomic E-state index is 0.610. The summed E-state index contributed by atoms with van der Waals surface area (Å²) >= 11 is 5.80. The van der Waals surface area contributed by atoms with Crippen molar-refractivity contribution in [3.05, 3.63) is 29.8 Å². The molecule has 0 saturated heterocycles. The third-order valence-corrected chi connectivity index (χ3v) is 3.47. The first-order chi connectivity index (χ1) is 7.85. The molecule has 1 aromatic carbocycles. The molecule has 1 aromatic rings. The molecule has 1 saturated carbocycles. The first-order valence-electron chi connectivity index (χ1n) is 6.26. The van der Waals surface area contributed by atoms with Crippen LogP contribution in [-0.4, -0.2) is 12.6 Å². The van der Waals surface area contributed by atoms with Crippen molar-refractivity contribution in [2.75, 3.05) is 11.4 Å². The first kappa shape index (κ1) is 11.8. The van der Waals surface area contributed by atoms with Crippen LogP contribution in [0.4, 0.5) is 5.69 Å². The van der Waals surface area contributed by atoms with E-state index in [0.717, 1.165) is 6.04 Å². The van der Waals surface area contributed by atoms with Crippen molar-refractivity contribution in [1.82, 2.24) is 0 Å². The Morgan fingerprint density at radius 2 is 1.94 bits per heavy atom. The molecular weight excluding hydrogens is 218 g/mol. The minimum Gasteiger partial charge on any atom is -0.369 e. The number of hydrogen-bond donors (Lipinski definition) is 0. The molecular formula is C14H20ClN. The van der Waals surface area contributed by atoms with E-state index in [1.165, 1.54) is 43.5 Å². The summed E-state index contributed by atoms with van der Waals surface area (Å²) in [6.07, 6.45) is 5.28. The molecule has 2 rings (SSSR count). The lowest BCUT2D eigenvalue weighted by molar-refractivity contribution is 0.713. The van der Waals surface area contributed by atoms with Gasteiger partial charge < -0.3 is 4.90 Å². The van der Waals surface area contributed by atoms with Crippen LogP contribution in [0.1, 0.15) is 38.2 Å². The van der Waals surface area contributed by atoms with Crippen LogP contribution in [0.25, 0.3) is 0 Å². The quantitative estimate of drug-likeness (QED) is 0.671. The molecule has 0 radical (unpaired) electrons. The summed E-state index contributed by atoms with van der Waals surface area (Å²) in [7, 11) is 0. The number of halogens is 1. The van der Waals surface area contributed by atoms with Gasteiger partial charge in [-0.25, -0.2) is 0 Å². The predicted molar refractivity (Wildman–Crippen MR) is 71.3 cm³/mol. The molecule has 0 atom stereocenters. The lowest BCUT2D eigenvalue weighted by Crippen LogP contribution is -2.26. The second-order valence-electron chi connectivity index (χ2n) is 4.58. The fourth-order valence-electron chi connectivity index (χ4n) is 2.01. The standard InChI is InChI=1S/C14H20ClN/c1-2-3-10-16(14-8-9-14)13-6-4-12(11-15)5-7-13/h4-7,14H,2-3,8-11H2,1H3. The number of rotatable bonds is 6. The Kier molecular flexibility index (Phi) is 4.11. The zero-order valence-electron chi connectivity index (χ0n) is 9.95. The molecule has 0 unspecified atom stereocenters. The fourth-order valence-corrected chi connectivity index (χ4v) is 2.19. The summed E-state index contributed by atoms with van der Waals surface area (Å²) in [6.45, 7) is 3.45. The molecule has 1 aliphatic rings. The fraction of sp³-hybridized carbons (Fsp3) is 0.571. The number of unbranched alkanes of at least 4 members (excludes halogenated alkanes) is 1. The highest BCUT2D eigenvalue weighted by atomic mass is 35.5. The van der Waals surface area contributed by atoms with Gasteiger partial charge in [0.05, 0.1) is 0 Å². The van der Waals surface area contributed by atoms with E-state index >= 15 is 0 Å². The van der Waals surface area contributed by atoms with Gasteiger partial charge in [-0.2, -0.15) is 0 Å². The van der Waals surface area contributed by atoms with Crippen molar-refractivity contribution >= 4 is 17.3 Å². The summed E-state index contributed by atoms with van der Waals surface area (Å²) in [6, 6.07) is 9.51. The van der Waals surface area contributed by atoms with Crippen molar-refractivity contribution in [1.29, 1.82) is 0 Å². The normalized spacial score (nSPS) is 15.1. The Balaban J connectivity index is 2.05. The smallest absolute Gasteiger partial charge is 0.0474 e. The molecule has 0 aromatic heterocycles. The molecule has 16 heavy (non-hydrogen) atoms. The van der Waals surface area contributed by atoms with E-state index in [-0.39, 0.29) is 0 Å². The number of nitrogens with zero attached hydrogens (tertiary/aromatic N) is 1. The van der Waals surface area contributed by atoms with E-state index < -0.39 is 0 Å². The van der Waals surface area contributed by atoms with Gasteiger partial charge in [0.2, 0.25) is 0 Å². The topological polar surface area (TPSA) is 3.24 Å². The average molecular weight is 238 g/mol. The maximum atomic E-state index is 5.80. The Hall–Kier alpha value is -0.690. The highest BCUT2D eigenvalue weighted by molar-refractivity contribution is 6.17. The second kappa shape index (κ2) is 5.58. The summed E-state index contributed by atoms with van der Waals surface area (Å²) < 4.78 is 0. The number of alkyl halides is 1. The zero-order chi connectivity index (χ0) is 11.4. The Morgan fingerprint density at radius 3 is 2.44 bits per heavy atom. The largest absolute Gasteiger partial charge is 0.369 e. The third kappa shape index (κ3) is 2.91. The molecule has 0 bridgehead atoms. The Morgan fingerprint density at radius 1 is 1.25 bits per heavy atom. The minimum atomic E-state index is 0.610. The maximum absolute atomic E-state index is 5.80. The average Bonchev–Trinajstić information content (AvgIpc) is 3.15. The molecule has 0 N–H and O–H groups in total. The zero-order valence-corrected chi connectivity index (χ0v) is 10.7. The maximum Gasteiger partial charge on any atom is 0.0474 e. The summed E-state index contributed by atoms with van der Waals surface area (Å²) in [5.74, 6) is 0.610. The highest BCUT2D eigenvalue weighted by Crippen LogP contribution is 2.32. The molecule has 88 valence electrons. The summed E-state index contributed by atoms with van der Waals surface area (Å²) in [5.41, 5.74) is 2.57. The van der Waals surface area contributed by atoms with Crippen LogP contribution >= 0.6 is 11.6 Å². The lowest BCUT2D eigenvalue weighted by atomic mass is 10.2. The monoisotopic (exact) mass is 237 g/mol. The molecule has 2 heteroatoms. The number of hydrogen-bond acceptors (Lipinski definition) is 1. The Labute approximate surface area is 103 Å². The van der Waals surface area contributed by atoms with Crippen LogP contribution in [0.15, 0.2) is 24.3 Å². The summed E-state index contributed by atoms with van der Waals surface area (Å²) in [4.78, 5) is 2.56. The number of benzene rings is 1. The van der Waals surface area contributed by atoms with Crippen molar-refractivity contribution in [2.24, 2.45) is 0 Å². The van der Waals surface area contributed by atoms with Gasteiger partial charge in [-0.3, -0.25) is 0 Å². The number of anilines is 1. The van der Waals surface area contributed by atoms with E-state index in [1.807, 2.05) is 0 Å². The van der Waals surface area contributed by atoms with E-state index in [1.54, 1.807) is 0 Å². The van der Waals surface area contributed by atoms with Gasteiger partial charge in [0, 0.05) is 24.2 Å². The van der Waals surface area contributed by atoms with Crippen LogP contribution < -0.4 is 4.90 Å². The molecule has 0 spiro atoms. The van der Waals surface area contributed by atoms with Gasteiger partial charge >= 0.3 is 0 Å². The molecule has 1 fully saturated rings. The SMILES string of the molecule is CCCCN(c1ccc(CCl)cc1)C1CC1. The molecule has 1 aliphatic carbocycles. The van der Waals surface area contributed by atoms with E-state index in [2.05, 4.69) is 36.1 Å². The molecule has 0 heterocycles. The lowest BCUT2D eigenvalue weighted by Gasteiger charge is -2.24. The van der Waals surface area contributed by atoms with E-state index in [4.69, 9.17) is 11.6 Å². The molecule has 0 aliphatic heterocycles. The van der Waals surface area contributed by atoms with Crippen molar-refractivity contribution in [3.8, 4) is 0 Å². The van der Waals surface area contributed by atoms with Crippen molar-refractivity contribution < 1.29 is 0 Å². The van der Waals surface area contributed by atoms with Gasteiger partial charge in [-0.15, -0.1) is 11.6 Å². The predicted octanol–water partition coefficient (Wildman–Crippen LogP) is 4.19. The second-order valence-corrected chi connectivity index (χ2v) is 4.85. The van der Waals surface area contributed by atoms with Gasteiger partial charge in [-0.05, 0) is 37.0 Å². The van der Waals surface area contributed by atoms with Gasteiger partial charge in [0.15, 0.2) is 0 Å². The van der Waals surface area contributed by atoms with Crippen LogP contribution in [-0.2, 0) is 5.88 Å². The highest BCUT2D eigenvalue weighted by Gasteiger charge is 2.28. The van der Waals surface area contributed by atoms with Gasteiger partial charge in [-0.1, -0.05) is 25.5 Å².